The van der Waals surface area contributed by atoms with Gasteiger partial charge < -0.3 is 9.47 Å². The number of ketones is 1. The van der Waals surface area contributed by atoms with Gasteiger partial charge in [0.05, 0.1) is 0 Å². The number of carbonyl (C=O) groups excluding carboxylic acids is 3. The van der Waals surface area contributed by atoms with E-state index in [1.54, 1.807) is 6.92 Å². The van der Waals surface area contributed by atoms with Gasteiger partial charge in [0.2, 0.25) is 0 Å². The summed E-state index contributed by atoms with van der Waals surface area (Å²) in [4.78, 5) is 36.2. The van der Waals surface area contributed by atoms with Gasteiger partial charge in [-0.15, -0.1) is 0 Å². The lowest BCUT2D eigenvalue weighted by Crippen LogP contribution is -2.58. The molecule has 30 heavy (non-hydrogen) atoms. The number of allylic oxidation sites excluding steroid dienone is 1. The lowest BCUT2D eigenvalue weighted by Gasteiger charge is -2.59. The van der Waals surface area contributed by atoms with E-state index in [1.807, 2.05) is 0 Å². The summed E-state index contributed by atoms with van der Waals surface area (Å²) in [5, 5.41) is 0. The van der Waals surface area contributed by atoms with Gasteiger partial charge in [-0.05, 0) is 87.5 Å². The van der Waals surface area contributed by atoms with Crippen LogP contribution in [0.25, 0.3) is 0 Å². The number of carbonyl (C=O) groups is 3. The fourth-order valence-electron chi connectivity index (χ4n) is 8.06. The molecule has 0 aromatic heterocycles. The Balaban J connectivity index is 1.63. The topological polar surface area (TPSA) is 69.7 Å². The molecule has 4 aliphatic rings. The number of fused-ring (bicyclic) bond motifs is 5. The Labute approximate surface area is 179 Å². The van der Waals surface area contributed by atoms with Crippen LogP contribution in [0.15, 0.2) is 11.6 Å². The molecule has 3 fully saturated rings. The molecule has 0 aromatic carbocycles. The predicted octanol–water partition coefficient (Wildman–Crippen LogP) is 4.77. The molecule has 4 aliphatic carbocycles. The minimum absolute atomic E-state index is 0.00523. The zero-order valence-electron chi connectivity index (χ0n) is 19.1. The summed E-state index contributed by atoms with van der Waals surface area (Å²) in [6, 6.07) is 0. The smallest absolute Gasteiger partial charge is 0.303 e. The number of Topliss-reactive ketones (excluding diaryl/α,β-unsaturated/α-hetero) is 1. The van der Waals surface area contributed by atoms with Gasteiger partial charge in [0.1, 0.15) is 6.10 Å². The first kappa shape index (κ1) is 21.6. The van der Waals surface area contributed by atoms with Crippen molar-refractivity contribution < 1.29 is 23.9 Å². The number of hydrogen-bond acceptors (Lipinski definition) is 5. The fourth-order valence-corrected chi connectivity index (χ4v) is 8.06. The van der Waals surface area contributed by atoms with Gasteiger partial charge in [-0.25, -0.2) is 0 Å². The lowest BCUT2D eigenvalue weighted by atomic mass is 9.46. The first-order valence-electron chi connectivity index (χ1n) is 11.6. The van der Waals surface area contributed by atoms with Crippen molar-refractivity contribution >= 4 is 17.7 Å². The first-order chi connectivity index (χ1) is 14.0. The monoisotopic (exact) mass is 416 g/mol. The average molecular weight is 417 g/mol. The van der Waals surface area contributed by atoms with E-state index in [0.717, 1.165) is 44.9 Å². The van der Waals surface area contributed by atoms with E-state index < -0.39 is 5.60 Å². The molecule has 0 bridgehead atoms. The standard InChI is InChI=1S/C25H36O5/c1-15(26)25(30-17(3)28)13-10-22-20-7-6-18-14-19(29-16(2)27)8-11-23(18,4)21(20)9-12-24(22,25)5/h14,19-22H,6-13H2,1-5H3/t19-,20+,21-,22+,23-,24-,25-/m0/s1. The second kappa shape index (κ2) is 7.20. The maximum Gasteiger partial charge on any atom is 0.303 e. The van der Waals surface area contributed by atoms with Gasteiger partial charge in [0.15, 0.2) is 11.4 Å². The molecule has 5 nitrogen and oxygen atoms in total. The predicted molar refractivity (Wildman–Crippen MR) is 112 cm³/mol. The Morgan fingerprint density at radius 3 is 2.23 bits per heavy atom. The molecule has 3 saturated carbocycles. The third-order valence-electron chi connectivity index (χ3n) is 9.39. The summed E-state index contributed by atoms with van der Waals surface area (Å²) in [6.45, 7) is 9.11. The van der Waals surface area contributed by atoms with E-state index in [2.05, 4.69) is 19.9 Å². The van der Waals surface area contributed by atoms with Crippen LogP contribution in [0.3, 0.4) is 0 Å². The van der Waals surface area contributed by atoms with Crippen LogP contribution < -0.4 is 0 Å². The molecule has 4 rings (SSSR count). The van der Waals surface area contributed by atoms with Crippen LogP contribution in [-0.2, 0) is 23.9 Å². The third kappa shape index (κ3) is 2.98. The highest BCUT2D eigenvalue weighted by Gasteiger charge is 2.67. The molecule has 0 amide bonds. The molecule has 0 heterocycles. The van der Waals surface area contributed by atoms with Crippen molar-refractivity contribution in [3.63, 3.8) is 0 Å². The van der Waals surface area contributed by atoms with Gasteiger partial charge in [0.25, 0.3) is 0 Å². The van der Waals surface area contributed by atoms with Gasteiger partial charge in [-0.3, -0.25) is 14.4 Å². The van der Waals surface area contributed by atoms with E-state index >= 15 is 0 Å². The minimum atomic E-state index is -0.960. The van der Waals surface area contributed by atoms with Crippen molar-refractivity contribution in [2.75, 3.05) is 0 Å². The zero-order valence-corrected chi connectivity index (χ0v) is 19.1. The maximum absolute atomic E-state index is 12.8. The van der Waals surface area contributed by atoms with Crippen LogP contribution in [0.4, 0.5) is 0 Å². The highest BCUT2D eigenvalue weighted by atomic mass is 16.6. The molecule has 5 heteroatoms. The Morgan fingerprint density at radius 1 is 0.900 bits per heavy atom. The molecular weight excluding hydrogens is 380 g/mol. The zero-order chi connectivity index (χ0) is 21.9. The molecule has 7 atom stereocenters. The van der Waals surface area contributed by atoms with Crippen molar-refractivity contribution in [3.05, 3.63) is 11.6 Å². The molecule has 0 spiro atoms. The average Bonchev–Trinajstić information content (AvgIpc) is 2.94. The maximum atomic E-state index is 12.8. The highest BCUT2D eigenvalue weighted by Crippen LogP contribution is 2.68. The van der Waals surface area contributed by atoms with E-state index in [9.17, 15) is 14.4 Å². The normalized spacial score (nSPS) is 44.8. The summed E-state index contributed by atoms with van der Waals surface area (Å²) in [6.07, 6.45) is 9.78. The van der Waals surface area contributed by atoms with Crippen molar-refractivity contribution in [3.8, 4) is 0 Å². The van der Waals surface area contributed by atoms with E-state index in [-0.39, 0.29) is 34.7 Å². The van der Waals surface area contributed by atoms with Crippen LogP contribution in [0.1, 0.15) is 86.0 Å². The van der Waals surface area contributed by atoms with Crippen molar-refractivity contribution in [2.45, 2.75) is 97.7 Å². The van der Waals surface area contributed by atoms with Gasteiger partial charge in [0, 0.05) is 19.3 Å². The Hall–Kier alpha value is -1.65. The van der Waals surface area contributed by atoms with Crippen molar-refractivity contribution in [1.29, 1.82) is 0 Å². The summed E-state index contributed by atoms with van der Waals surface area (Å²) >= 11 is 0. The summed E-state index contributed by atoms with van der Waals surface area (Å²) in [5.74, 6) is 0.981. The van der Waals surface area contributed by atoms with Crippen LogP contribution >= 0.6 is 0 Å². The van der Waals surface area contributed by atoms with E-state index in [4.69, 9.17) is 9.47 Å². The second-order valence-corrected chi connectivity index (χ2v) is 10.7. The van der Waals surface area contributed by atoms with Gasteiger partial charge in [-0.2, -0.15) is 0 Å². The van der Waals surface area contributed by atoms with E-state index in [1.165, 1.54) is 19.4 Å². The Morgan fingerprint density at radius 2 is 1.60 bits per heavy atom. The first-order valence-corrected chi connectivity index (χ1v) is 11.6. The molecule has 0 N–H and O–H groups in total. The largest absolute Gasteiger partial charge is 0.458 e. The number of esters is 2. The molecule has 0 saturated heterocycles. The lowest BCUT2D eigenvalue weighted by molar-refractivity contribution is -0.187. The number of hydrogen-bond donors (Lipinski definition) is 0. The number of ether oxygens (including phenoxy) is 2. The van der Waals surface area contributed by atoms with E-state index in [0.29, 0.717) is 24.2 Å². The third-order valence-corrected chi connectivity index (χ3v) is 9.39. The summed E-state index contributed by atoms with van der Waals surface area (Å²) in [7, 11) is 0. The molecule has 0 aromatic rings. The molecule has 0 unspecified atom stereocenters. The van der Waals surface area contributed by atoms with Crippen LogP contribution in [0.2, 0.25) is 0 Å². The van der Waals surface area contributed by atoms with Crippen molar-refractivity contribution in [2.24, 2.45) is 28.6 Å². The fraction of sp³-hybridized carbons (Fsp3) is 0.800. The SMILES string of the molecule is CC(=O)O[C@@H]1C=C2CC[C@H]3[C@H]4CC[C@](OC(C)=O)(C(C)=O)[C@@]4(C)CC[C@@H]3[C@@]2(C)CC1. The summed E-state index contributed by atoms with van der Waals surface area (Å²) < 4.78 is 11.3. The van der Waals surface area contributed by atoms with Gasteiger partial charge >= 0.3 is 11.9 Å². The highest BCUT2D eigenvalue weighted by molar-refractivity contribution is 5.89. The summed E-state index contributed by atoms with van der Waals surface area (Å²) in [5.41, 5.74) is 0.362. The van der Waals surface area contributed by atoms with Crippen LogP contribution in [-0.4, -0.2) is 29.4 Å². The Bertz CT molecular complexity index is 799. The molecular formula is C25H36O5. The van der Waals surface area contributed by atoms with Gasteiger partial charge in [-0.1, -0.05) is 19.4 Å². The Kier molecular flexibility index (Phi) is 5.18. The number of rotatable bonds is 3. The molecule has 0 aliphatic heterocycles. The minimum Gasteiger partial charge on any atom is -0.458 e. The quantitative estimate of drug-likeness (QED) is 0.489. The second-order valence-electron chi connectivity index (χ2n) is 10.7. The molecule has 0 radical (unpaired) electrons. The van der Waals surface area contributed by atoms with Crippen LogP contribution in [0, 0.1) is 28.6 Å². The van der Waals surface area contributed by atoms with Crippen molar-refractivity contribution in [1.82, 2.24) is 0 Å². The van der Waals surface area contributed by atoms with Crippen LogP contribution in [0.5, 0.6) is 0 Å². The molecule has 166 valence electrons.